The summed E-state index contributed by atoms with van der Waals surface area (Å²) in [5.41, 5.74) is 4.21. The van der Waals surface area contributed by atoms with Gasteiger partial charge in [-0.2, -0.15) is 0 Å². The molecule has 1 N–H and O–H groups in total. The molecule has 3 atom stereocenters. The Bertz CT molecular complexity index is 1440. The average molecular weight is 523 g/mol. The third kappa shape index (κ3) is 4.56. The van der Waals surface area contributed by atoms with E-state index < -0.39 is 12.6 Å². The molecule has 188 valence electrons. The fourth-order valence-corrected chi connectivity index (χ4v) is 6.02. The summed E-state index contributed by atoms with van der Waals surface area (Å²) < 4.78 is 42.8. The highest BCUT2D eigenvalue weighted by Gasteiger charge is 2.49. The number of benzene rings is 3. The lowest BCUT2D eigenvalue weighted by Crippen LogP contribution is -2.46. The fraction of sp³-hybridized carbons (Fsp3) is 0.179. The van der Waals surface area contributed by atoms with E-state index in [0.717, 1.165) is 27.3 Å². The molecule has 6 rings (SSSR count). The molecule has 37 heavy (non-hydrogen) atoms. The summed E-state index contributed by atoms with van der Waals surface area (Å²) in [6.45, 7) is 0.269. The quantitative estimate of drug-likeness (QED) is 0.313. The molecule has 0 fully saturated rings. The van der Waals surface area contributed by atoms with Crippen molar-refractivity contribution in [3.05, 3.63) is 117 Å². The number of fused-ring (bicyclic) bond motifs is 3. The van der Waals surface area contributed by atoms with Gasteiger partial charge in [-0.3, -0.25) is 0 Å². The van der Waals surface area contributed by atoms with Crippen molar-refractivity contribution in [2.24, 2.45) is 5.16 Å². The van der Waals surface area contributed by atoms with Gasteiger partial charge in [0.15, 0.2) is 6.23 Å². The summed E-state index contributed by atoms with van der Waals surface area (Å²) >= 11 is 1.57. The van der Waals surface area contributed by atoms with Crippen molar-refractivity contribution in [1.29, 1.82) is 0 Å². The van der Waals surface area contributed by atoms with Crippen molar-refractivity contribution in [3.63, 3.8) is 0 Å². The first kappa shape index (κ1) is 23.6. The number of phenolic OH excluding ortho intramolecular Hbond substituents is 1. The summed E-state index contributed by atoms with van der Waals surface area (Å²) in [6.07, 6.45) is -5.29. The molecular weight excluding hydrogens is 501 g/mol. The molecule has 0 saturated heterocycles. The second-order valence-corrected chi connectivity index (χ2v) is 9.89. The van der Waals surface area contributed by atoms with E-state index in [1.165, 1.54) is 12.1 Å². The van der Waals surface area contributed by atoms with E-state index in [1.807, 2.05) is 53.9 Å². The molecule has 1 aromatic heterocycles. The summed E-state index contributed by atoms with van der Waals surface area (Å²) in [6, 6.07) is 24.7. The van der Waals surface area contributed by atoms with Crippen LogP contribution in [0.15, 0.2) is 95.5 Å². The smallest absolute Gasteiger partial charge is 0.508 e. The van der Waals surface area contributed by atoms with Gasteiger partial charge in [0.05, 0.1) is 17.7 Å². The van der Waals surface area contributed by atoms with Crippen molar-refractivity contribution >= 4 is 17.0 Å². The van der Waals surface area contributed by atoms with Gasteiger partial charge in [-0.15, -0.1) is 24.5 Å². The lowest BCUT2D eigenvalue weighted by Gasteiger charge is -2.43. The number of oxime groups is 1. The Labute approximate surface area is 215 Å². The second-order valence-electron chi connectivity index (χ2n) is 8.91. The Morgan fingerprint density at radius 2 is 1.78 bits per heavy atom. The Hall–Kier alpha value is -3.82. The van der Waals surface area contributed by atoms with Crippen molar-refractivity contribution < 1.29 is 27.9 Å². The fourth-order valence-electron chi connectivity index (χ4n) is 5.16. The second kappa shape index (κ2) is 9.24. The normalized spacial score (nSPS) is 21.1. The van der Waals surface area contributed by atoms with Gasteiger partial charge in [-0.1, -0.05) is 59.8 Å². The van der Waals surface area contributed by atoms with E-state index in [-0.39, 0.29) is 30.0 Å². The van der Waals surface area contributed by atoms with E-state index in [1.54, 1.807) is 35.6 Å². The van der Waals surface area contributed by atoms with E-state index in [4.69, 9.17) is 4.84 Å². The maximum absolute atomic E-state index is 12.9. The van der Waals surface area contributed by atoms with Crippen LogP contribution in [0.4, 0.5) is 13.2 Å². The Balaban J connectivity index is 1.46. The zero-order valence-corrected chi connectivity index (χ0v) is 20.1. The summed E-state index contributed by atoms with van der Waals surface area (Å²) in [4.78, 5) is 9.19. The van der Waals surface area contributed by atoms with Crippen LogP contribution < -0.4 is 4.74 Å². The van der Waals surface area contributed by atoms with E-state index in [2.05, 4.69) is 14.8 Å². The van der Waals surface area contributed by atoms with Gasteiger partial charge in [-0.05, 0) is 52.4 Å². The lowest BCUT2D eigenvalue weighted by atomic mass is 9.79. The van der Waals surface area contributed by atoms with Crippen LogP contribution in [0.2, 0.25) is 0 Å². The Morgan fingerprint density at radius 3 is 2.54 bits per heavy atom. The Morgan fingerprint density at radius 1 is 0.946 bits per heavy atom. The third-order valence-corrected chi connectivity index (χ3v) is 7.50. The predicted molar refractivity (Wildman–Crippen MR) is 134 cm³/mol. The average Bonchev–Trinajstić information content (AvgIpc) is 3.54. The van der Waals surface area contributed by atoms with Crippen molar-refractivity contribution in [2.45, 2.75) is 31.1 Å². The highest BCUT2D eigenvalue weighted by atomic mass is 32.1. The number of hydrogen-bond donors (Lipinski definition) is 1. The number of aromatic hydroxyl groups is 1. The molecule has 0 aliphatic carbocycles. The van der Waals surface area contributed by atoms with E-state index in [9.17, 15) is 18.3 Å². The minimum absolute atomic E-state index is 0.136. The van der Waals surface area contributed by atoms with Gasteiger partial charge in [-0.25, -0.2) is 4.90 Å². The summed E-state index contributed by atoms with van der Waals surface area (Å²) in [7, 11) is 0. The van der Waals surface area contributed by atoms with Gasteiger partial charge in [0.2, 0.25) is 0 Å². The molecule has 4 aromatic rings. The van der Waals surface area contributed by atoms with Crippen LogP contribution in [0, 0.1) is 0 Å². The van der Waals surface area contributed by atoms with Gasteiger partial charge >= 0.3 is 6.36 Å². The van der Waals surface area contributed by atoms with Crippen molar-refractivity contribution in [3.8, 4) is 11.5 Å². The van der Waals surface area contributed by atoms with Crippen LogP contribution in [-0.4, -0.2) is 28.3 Å². The molecule has 5 nitrogen and oxygen atoms in total. The molecule has 9 heteroatoms. The SMILES string of the molecule is Oc1ccc2c(c1)[C@@H](c1cccs1)N(Cc1cccc(OC(F)(F)F)c1)[C@@H]1ON=C(c3ccccc3)[C@H]21. The molecule has 0 unspecified atom stereocenters. The minimum atomic E-state index is -4.78. The van der Waals surface area contributed by atoms with Crippen LogP contribution in [0.5, 0.6) is 11.5 Å². The maximum Gasteiger partial charge on any atom is 0.573 e. The lowest BCUT2D eigenvalue weighted by molar-refractivity contribution is -0.274. The van der Waals surface area contributed by atoms with Gasteiger partial charge in [0.25, 0.3) is 0 Å². The highest BCUT2D eigenvalue weighted by molar-refractivity contribution is 7.10. The summed E-state index contributed by atoms with van der Waals surface area (Å²) in [5.74, 6) is -0.405. The first-order valence-corrected chi connectivity index (χ1v) is 12.5. The molecule has 0 bridgehead atoms. The highest BCUT2D eigenvalue weighted by Crippen LogP contribution is 2.49. The molecule has 0 radical (unpaired) electrons. The van der Waals surface area contributed by atoms with Crippen LogP contribution >= 0.6 is 11.3 Å². The molecule has 0 amide bonds. The first-order chi connectivity index (χ1) is 17.9. The Kier molecular flexibility index (Phi) is 5.89. The number of nitrogens with zero attached hydrogens (tertiary/aromatic N) is 2. The zero-order valence-electron chi connectivity index (χ0n) is 19.3. The zero-order chi connectivity index (χ0) is 25.6. The summed E-state index contributed by atoms with van der Waals surface area (Å²) in [5, 5.41) is 16.9. The maximum atomic E-state index is 12.9. The number of thiophene rings is 1. The van der Waals surface area contributed by atoms with Crippen LogP contribution in [0.1, 0.15) is 39.1 Å². The van der Waals surface area contributed by atoms with Gasteiger partial charge in [0.1, 0.15) is 11.5 Å². The van der Waals surface area contributed by atoms with Crippen molar-refractivity contribution in [2.75, 3.05) is 0 Å². The number of ether oxygens (including phenoxy) is 1. The predicted octanol–water partition coefficient (Wildman–Crippen LogP) is 6.80. The van der Waals surface area contributed by atoms with Crippen LogP contribution in [0.25, 0.3) is 0 Å². The molecule has 3 aromatic carbocycles. The first-order valence-electron chi connectivity index (χ1n) is 11.6. The number of phenols is 1. The van der Waals surface area contributed by atoms with Gasteiger partial charge in [0, 0.05) is 17.0 Å². The third-order valence-electron chi connectivity index (χ3n) is 6.58. The number of halogens is 3. The van der Waals surface area contributed by atoms with Crippen LogP contribution in [-0.2, 0) is 11.4 Å². The number of alkyl halides is 3. The molecule has 2 aliphatic heterocycles. The van der Waals surface area contributed by atoms with E-state index in [0.29, 0.717) is 5.56 Å². The largest absolute Gasteiger partial charge is 0.573 e. The van der Waals surface area contributed by atoms with Gasteiger partial charge < -0.3 is 14.7 Å². The standard InChI is InChI=1S/C28H21F3N2O3S/c29-28(30,31)35-20-9-4-6-17(14-20)16-33-26(23-10-5-13-37-23)22-15-19(34)11-12-21(22)24-25(32-36-27(24)33)18-7-2-1-3-8-18/h1-15,24,26-27,34H,16H2/t24-,26-,27+/m0/s1. The monoisotopic (exact) mass is 522 g/mol. The molecule has 0 saturated carbocycles. The topological polar surface area (TPSA) is 54.3 Å². The van der Waals surface area contributed by atoms with Crippen LogP contribution in [0.3, 0.4) is 0 Å². The molecule has 0 spiro atoms. The minimum Gasteiger partial charge on any atom is -0.508 e. The molecular formula is C28H21F3N2O3S. The number of hydrogen-bond acceptors (Lipinski definition) is 6. The molecule has 2 aliphatic rings. The molecule has 3 heterocycles. The van der Waals surface area contributed by atoms with E-state index >= 15 is 0 Å². The van der Waals surface area contributed by atoms with Crippen molar-refractivity contribution in [1.82, 2.24) is 4.90 Å². The number of rotatable bonds is 5.